The van der Waals surface area contributed by atoms with Crippen LogP contribution in [0.25, 0.3) is 5.76 Å². The number of nitrogens with two attached hydrogens (primary N) is 1. The minimum absolute atomic E-state index is 0.0887. The van der Waals surface area contributed by atoms with E-state index in [0.29, 0.717) is 6.42 Å². The molecule has 0 saturated heterocycles. The molecule has 196 valence electrons. The summed E-state index contributed by atoms with van der Waals surface area (Å²) in [6.07, 6.45) is 7.76. The minimum atomic E-state index is -2.62. The zero-order valence-corrected chi connectivity index (χ0v) is 22.0. The summed E-state index contributed by atoms with van der Waals surface area (Å²) < 4.78 is 0. The van der Waals surface area contributed by atoms with Gasteiger partial charge in [0.2, 0.25) is 5.78 Å². The molecule has 0 unspecified atom stereocenters. The van der Waals surface area contributed by atoms with Crippen LogP contribution in [0, 0.1) is 11.8 Å². The smallest absolute Gasteiger partial charge is 0.255 e. The first-order chi connectivity index (χ1) is 16.6. The molecule has 36 heavy (non-hydrogen) atoms. The molecule has 0 radical (unpaired) electrons. The highest BCUT2D eigenvalue weighted by Crippen LogP contribution is 2.53. The average molecular weight is 519 g/mol. The van der Waals surface area contributed by atoms with Crippen molar-refractivity contribution in [3.63, 3.8) is 0 Å². The van der Waals surface area contributed by atoms with Crippen LogP contribution in [0.5, 0.6) is 5.75 Å². The monoisotopic (exact) mass is 518 g/mol. The largest absolute Gasteiger partial charge is 0.508 e. The van der Waals surface area contributed by atoms with E-state index in [1.807, 2.05) is 6.07 Å². The molecule has 1 aromatic rings. The molecule has 10 heteroatoms. The first kappa shape index (κ1) is 26.2. The summed E-state index contributed by atoms with van der Waals surface area (Å²) in [5.41, 5.74) is 3.63. The van der Waals surface area contributed by atoms with Gasteiger partial charge >= 0.3 is 0 Å². The lowest BCUT2D eigenvalue weighted by atomic mass is 9.57. The fraction of sp³-hybridized carbons (Fsp3) is 0.500. The zero-order valence-electron chi connectivity index (χ0n) is 21.2. The number of aliphatic hydroxyl groups is 3. The van der Waals surface area contributed by atoms with Crippen LogP contribution in [0.3, 0.4) is 0 Å². The van der Waals surface area contributed by atoms with Crippen LogP contribution in [0.4, 0.5) is 0 Å². The molecule has 1 saturated carbocycles. The second kappa shape index (κ2) is 8.64. The van der Waals surface area contributed by atoms with Crippen LogP contribution in [-0.2, 0) is 27.2 Å². The summed E-state index contributed by atoms with van der Waals surface area (Å²) in [4.78, 5) is 40.5. The van der Waals surface area contributed by atoms with E-state index in [4.69, 9.17) is 5.73 Å². The number of benzene rings is 1. The standard InChI is InChI=1S/C26H34N2O7S/c1-28(2)20-15-11-13-10-14-12(8-9-36(3,4)5)6-7-16(29)18(14)21(30)17(13)23(32)26(15,35)24(33)19(22(20)31)25(27)34/h6-7,13,15,20,29-30,33,35H,8-11H2,1-5H3,(H2,27,34)/t13-,15+,20-,26+/m0/s1. The Morgan fingerprint density at radius 2 is 1.81 bits per heavy atom. The summed E-state index contributed by atoms with van der Waals surface area (Å²) >= 11 is 0. The Morgan fingerprint density at radius 3 is 2.36 bits per heavy atom. The van der Waals surface area contributed by atoms with Crippen molar-refractivity contribution in [2.75, 3.05) is 38.6 Å². The van der Waals surface area contributed by atoms with E-state index in [1.54, 1.807) is 14.1 Å². The van der Waals surface area contributed by atoms with Crippen LogP contribution in [-0.4, -0.2) is 93.1 Å². The Balaban J connectivity index is 1.91. The number of phenolic OH excluding ortho intramolecular Hbond substituents is 1. The van der Waals surface area contributed by atoms with Crippen LogP contribution < -0.4 is 5.73 Å². The second-order valence-corrected chi connectivity index (χ2v) is 15.7. The Kier molecular flexibility index (Phi) is 6.30. The molecule has 3 aliphatic rings. The quantitative estimate of drug-likeness (QED) is 0.363. The lowest BCUT2D eigenvalue weighted by Gasteiger charge is -2.50. The Hall–Kier alpha value is -2.82. The number of likely N-dealkylation sites (N-methyl/N-ethyl adjacent to an activating group) is 1. The average Bonchev–Trinajstić information content (AvgIpc) is 2.74. The van der Waals surface area contributed by atoms with Gasteiger partial charge in [-0.05, 0) is 81.0 Å². The number of nitrogens with zero attached hydrogens (tertiary/aromatic N) is 1. The van der Waals surface area contributed by atoms with Crippen molar-refractivity contribution in [3.8, 4) is 5.75 Å². The van der Waals surface area contributed by atoms with Crippen LogP contribution >= 0.6 is 10.0 Å². The molecule has 0 aromatic heterocycles. The van der Waals surface area contributed by atoms with Gasteiger partial charge in [0.1, 0.15) is 22.8 Å². The fourth-order valence-corrected chi connectivity index (χ4v) is 6.79. The number of aromatic hydroxyl groups is 1. The highest BCUT2D eigenvalue weighted by atomic mass is 32.3. The summed E-state index contributed by atoms with van der Waals surface area (Å²) in [5, 5.41) is 44.4. The summed E-state index contributed by atoms with van der Waals surface area (Å²) in [6.45, 7) is 0. The molecular formula is C26H34N2O7S. The highest BCUT2D eigenvalue weighted by molar-refractivity contribution is 8.32. The first-order valence-corrected chi connectivity index (χ1v) is 14.8. The minimum Gasteiger partial charge on any atom is -0.508 e. The molecule has 0 bridgehead atoms. The van der Waals surface area contributed by atoms with Gasteiger partial charge in [-0.1, -0.05) is 6.07 Å². The summed E-state index contributed by atoms with van der Waals surface area (Å²) in [7, 11) is 2.36. The molecule has 1 fully saturated rings. The van der Waals surface area contributed by atoms with Gasteiger partial charge in [-0.25, -0.2) is 10.0 Å². The van der Waals surface area contributed by atoms with Crippen molar-refractivity contribution in [1.29, 1.82) is 0 Å². The number of primary amides is 1. The Labute approximate surface area is 211 Å². The number of Topliss-reactive ketones (excluding diaryl/α,β-unsaturated/α-hetero) is 2. The molecule has 1 aromatic carbocycles. The number of hydrogen-bond donors (Lipinski definition) is 5. The van der Waals surface area contributed by atoms with Crippen molar-refractivity contribution < 1.29 is 34.8 Å². The van der Waals surface area contributed by atoms with Crippen LogP contribution in [0.15, 0.2) is 29.0 Å². The van der Waals surface area contributed by atoms with E-state index < -0.39 is 68.1 Å². The molecule has 0 aliphatic heterocycles. The molecule has 9 nitrogen and oxygen atoms in total. The molecule has 3 aliphatic carbocycles. The Bertz CT molecular complexity index is 1240. The number of carbonyl (C=O) groups excluding carboxylic acids is 3. The zero-order chi connectivity index (χ0) is 26.9. The topological polar surface area (TPSA) is 161 Å². The molecule has 4 rings (SSSR count). The number of ketones is 2. The van der Waals surface area contributed by atoms with Crippen molar-refractivity contribution >= 4 is 33.3 Å². The molecule has 0 heterocycles. The normalized spacial score (nSPS) is 28.7. The van der Waals surface area contributed by atoms with Gasteiger partial charge in [-0.3, -0.25) is 19.3 Å². The lowest BCUT2D eigenvalue weighted by Crippen LogP contribution is -2.65. The van der Waals surface area contributed by atoms with Gasteiger partial charge in [-0.2, -0.15) is 0 Å². The number of aliphatic hydroxyl groups excluding tert-OH is 2. The maximum Gasteiger partial charge on any atom is 0.255 e. The third-order valence-electron chi connectivity index (χ3n) is 7.68. The van der Waals surface area contributed by atoms with Gasteiger partial charge in [0, 0.05) is 11.5 Å². The van der Waals surface area contributed by atoms with E-state index in [1.165, 1.54) is 11.0 Å². The van der Waals surface area contributed by atoms with Gasteiger partial charge in [0.25, 0.3) is 5.91 Å². The summed E-state index contributed by atoms with van der Waals surface area (Å²) in [5.74, 6) is -5.41. The van der Waals surface area contributed by atoms with Gasteiger partial charge in [-0.15, -0.1) is 0 Å². The maximum atomic E-state index is 13.8. The van der Waals surface area contributed by atoms with Crippen molar-refractivity contribution in [1.82, 2.24) is 4.90 Å². The van der Waals surface area contributed by atoms with Crippen molar-refractivity contribution in [3.05, 3.63) is 45.7 Å². The van der Waals surface area contributed by atoms with Gasteiger partial charge < -0.3 is 26.2 Å². The maximum absolute atomic E-state index is 13.8. The van der Waals surface area contributed by atoms with E-state index >= 15 is 0 Å². The molecule has 6 N–H and O–H groups in total. The Morgan fingerprint density at radius 1 is 1.17 bits per heavy atom. The second-order valence-electron chi connectivity index (χ2n) is 11.1. The third kappa shape index (κ3) is 3.82. The van der Waals surface area contributed by atoms with Crippen molar-refractivity contribution in [2.24, 2.45) is 17.6 Å². The predicted octanol–water partition coefficient (Wildman–Crippen LogP) is 1.20. The number of carbonyl (C=O) groups is 3. The number of rotatable bonds is 5. The number of amides is 1. The number of aryl methyl sites for hydroxylation is 1. The molecule has 1 amide bonds. The highest BCUT2D eigenvalue weighted by Gasteiger charge is 2.64. The van der Waals surface area contributed by atoms with Crippen LogP contribution in [0.1, 0.15) is 23.1 Å². The number of phenols is 1. The molecule has 4 atom stereocenters. The SMILES string of the molecule is CN(C)[C@@H]1C(=O)C(C(N)=O)=C(O)[C@]2(O)C(=O)C3=C(O)c4c(O)ccc(CCS(C)(C)C)c4C[C@H]3C[C@H]12. The van der Waals surface area contributed by atoms with Crippen LogP contribution in [0.2, 0.25) is 0 Å². The first-order valence-electron chi connectivity index (χ1n) is 11.8. The number of hydrogen-bond acceptors (Lipinski definition) is 8. The number of fused-ring (bicyclic) bond motifs is 3. The fourth-order valence-electron chi connectivity index (χ4n) is 5.96. The molecular weight excluding hydrogens is 484 g/mol. The predicted molar refractivity (Wildman–Crippen MR) is 138 cm³/mol. The van der Waals surface area contributed by atoms with E-state index in [9.17, 15) is 34.8 Å². The van der Waals surface area contributed by atoms with Crippen molar-refractivity contribution in [2.45, 2.75) is 30.9 Å². The summed E-state index contributed by atoms with van der Waals surface area (Å²) in [6, 6.07) is 2.23. The lowest BCUT2D eigenvalue weighted by molar-refractivity contribution is -0.153. The van der Waals surface area contributed by atoms with E-state index in [2.05, 4.69) is 18.8 Å². The molecule has 0 spiro atoms. The third-order valence-corrected chi connectivity index (χ3v) is 9.11. The van der Waals surface area contributed by atoms with Gasteiger partial charge in [0.05, 0.1) is 11.6 Å². The van der Waals surface area contributed by atoms with E-state index in [0.717, 1.165) is 23.3 Å². The van der Waals surface area contributed by atoms with Gasteiger partial charge in [0.15, 0.2) is 11.4 Å². The van der Waals surface area contributed by atoms with E-state index in [-0.39, 0.29) is 23.3 Å².